The lowest BCUT2D eigenvalue weighted by molar-refractivity contribution is -0.134. The first-order valence-electron chi connectivity index (χ1n) is 21.1. The number of amides is 2. The van der Waals surface area contributed by atoms with Gasteiger partial charge in [0.25, 0.3) is 5.56 Å². The Balaban J connectivity index is 0.804. The third kappa shape index (κ3) is 7.88. The number of rotatable bonds is 11. The average Bonchev–Trinajstić information content (AvgIpc) is 3.73. The smallest absolute Gasteiger partial charge is 0.278 e. The fraction of sp³-hybridized carbons (Fsp3) is 0.400. The fourth-order valence-electron chi connectivity index (χ4n) is 9.10. The molecule has 3 N–H and O–H groups in total. The number of hydrogen-bond donors (Lipinski definition) is 3. The summed E-state index contributed by atoms with van der Waals surface area (Å²) in [5.41, 5.74) is 4.37. The Morgan fingerprint density at radius 3 is 2.38 bits per heavy atom. The predicted molar refractivity (Wildman–Crippen MR) is 236 cm³/mol. The maximum absolute atomic E-state index is 13.4. The number of anilines is 4. The lowest BCUT2D eigenvalue weighted by Gasteiger charge is -2.40. The van der Waals surface area contributed by atoms with Crippen LogP contribution in [-0.2, 0) is 28.8 Å². The number of imide groups is 1. The fourth-order valence-corrected chi connectivity index (χ4v) is 9.10. The summed E-state index contributed by atoms with van der Waals surface area (Å²) < 4.78 is 5.07. The highest BCUT2D eigenvalue weighted by Gasteiger charge is 2.33. The summed E-state index contributed by atoms with van der Waals surface area (Å²) in [5, 5.41) is 22.6. The Hall–Kier alpha value is -6.39. The molecule has 0 saturated carbocycles. The van der Waals surface area contributed by atoms with Crippen LogP contribution in [0.2, 0.25) is 0 Å². The largest absolute Gasteiger partial charge is 0.384 e. The van der Waals surface area contributed by atoms with Crippen LogP contribution in [0.15, 0.2) is 84.3 Å². The van der Waals surface area contributed by atoms with E-state index in [-0.39, 0.29) is 23.9 Å². The van der Waals surface area contributed by atoms with Crippen LogP contribution in [0.3, 0.4) is 0 Å². The third-order valence-corrected chi connectivity index (χ3v) is 12.3. The third-order valence-electron chi connectivity index (χ3n) is 12.3. The zero-order valence-electron chi connectivity index (χ0n) is 34.9. The molecule has 16 heteroatoms. The lowest BCUT2D eigenvalue weighted by atomic mass is 9.92. The highest BCUT2D eigenvalue weighted by molar-refractivity contribution is 6.03. The van der Waals surface area contributed by atoms with Gasteiger partial charge in [0.2, 0.25) is 17.8 Å². The number of nitrogens with one attached hydrogen (secondary N) is 2. The van der Waals surface area contributed by atoms with Gasteiger partial charge in [-0.2, -0.15) is 10.1 Å². The summed E-state index contributed by atoms with van der Waals surface area (Å²) in [4.78, 5) is 59.3. The predicted octanol–water partition coefficient (Wildman–Crippen LogP) is 4.58. The Morgan fingerprint density at radius 2 is 1.66 bits per heavy atom. The summed E-state index contributed by atoms with van der Waals surface area (Å²) in [6.07, 6.45) is 6.23. The number of piperazine rings is 1. The van der Waals surface area contributed by atoms with Crippen molar-refractivity contribution in [3.63, 3.8) is 0 Å². The standard InChI is InChI=1S/C45H52N12O4/c1-5-20-56-43(60)34-27-46-44(50-41(34)57(56)37-11-7-10-36(48-37)45(2,3)61)47-30-12-14-31(15-13-30)54-25-23-53(24-26-54)28-29-18-21-55(22-19-29)35-9-6-8-32-39(51-52(4)40(32)35)33-16-17-38(58)49-42(33)59/h5-15,27,29,33,61H,1,16-26,28H2,2-4H3,(H,46,47,50)(H,49,58,59). The number of piperidine rings is 2. The minimum Gasteiger partial charge on any atom is -0.384 e. The maximum atomic E-state index is 13.4. The van der Waals surface area contributed by atoms with Crippen LogP contribution in [0, 0.1) is 5.92 Å². The molecule has 16 nitrogen and oxygen atoms in total. The van der Waals surface area contributed by atoms with E-state index in [9.17, 15) is 19.5 Å². The normalized spacial score (nSPS) is 18.3. The van der Waals surface area contributed by atoms with E-state index in [1.165, 1.54) is 10.9 Å². The molecule has 2 amide bonds. The van der Waals surface area contributed by atoms with Gasteiger partial charge in [0.15, 0.2) is 11.5 Å². The minimum absolute atomic E-state index is 0.215. The van der Waals surface area contributed by atoms with Crippen LogP contribution in [0.5, 0.6) is 0 Å². The van der Waals surface area contributed by atoms with E-state index in [1.807, 2.05) is 29.9 Å². The average molecular weight is 825 g/mol. The van der Waals surface area contributed by atoms with E-state index >= 15 is 0 Å². The number of hydrogen-bond acceptors (Lipinski definition) is 12. The van der Waals surface area contributed by atoms with Crippen molar-refractivity contribution in [3.05, 3.63) is 101 Å². The first kappa shape index (κ1) is 40.0. The van der Waals surface area contributed by atoms with Gasteiger partial charge in [0.05, 0.1) is 35.1 Å². The summed E-state index contributed by atoms with van der Waals surface area (Å²) in [6, 6.07) is 19.9. The number of aliphatic hydroxyl groups is 1. The van der Waals surface area contributed by atoms with Crippen molar-refractivity contribution in [2.45, 2.75) is 57.6 Å². The number of pyridine rings is 1. The molecule has 3 aliphatic heterocycles. The Kier molecular flexibility index (Phi) is 10.7. The van der Waals surface area contributed by atoms with Crippen LogP contribution >= 0.6 is 0 Å². The van der Waals surface area contributed by atoms with E-state index < -0.39 is 11.5 Å². The van der Waals surface area contributed by atoms with Gasteiger partial charge >= 0.3 is 0 Å². The minimum atomic E-state index is -1.17. The van der Waals surface area contributed by atoms with Crippen molar-refractivity contribution in [3.8, 4) is 5.82 Å². The van der Waals surface area contributed by atoms with Crippen molar-refractivity contribution in [1.29, 1.82) is 0 Å². The van der Waals surface area contributed by atoms with Gasteiger partial charge in [-0.25, -0.2) is 19.3 Å². The molecule has 6 aromatic rings. The van der Waals surface area contributed by atoms with Gasteiger partial charge in [-0.1, -0.05) is 24.3 Å². The van der Waals surface area contributed by atoms with Gasteiger partial charge in [-0.15, -0.1) is 6.58 Å². The van der Waals surface area contributed by atoms with E-state index in [0.29, 0.717) is 47.3 Å². The van der Waals surface area contributed by atoms with Gasteiger partial charge in [0, 0.05) is 82.2 Å². The molecule has 1 atom stereocenters. The maximum Gasteiger partial charge on any atom is 0.278 e. The molecule has 0 radical (unpaired) electrons. The monoisotopic (exact) mass is 824 g/mol. The number of allylic oxidation sites excluding steroid dienone is 1. The Morgan fingerprint density at radius 1 is 0.902 bits per heavy atom. The first-order chi connectivity index (χ1) is 29.4. The number of benzene rings is 2. The second-order valence-corrected chi connectivity index (χ2v) is 16.9. The van der Waals surface area contributed by atoms with Crippen molar-refractivity contribution in [1.82, 2.24) is 44.3 Å². The molecule has 0 bridgehead atoms. The zero-order valence-corrected chi connectivity index (χ0v) is 34.9. The molecule has 9 rings (SSSR count). The SMILES string of the molecule is C=CCn1c(=O)c2cnc(Nc3ccc(N4CCN(CC5CCN(c6cccc7c(C8CCC(=O)NC8=O)nn(C)c67)CC5)CC4)cc3)nc2n1-c1cccc(C(C)(C)O)n1. The molecular weight excluding hydrogens is 773 g/mol. The van der Waals surface area contributed by atoms with Crippen LogP contribution in [-0.4, -0.2) is 102 Å². The summed E-state index contributed by atoms with van der Waals surface area (Å²) >= 11 is 0. The Bertz CT molecular complexity index is 2680. The molecule has 0 aliphatic carbocycles. The van der Waals surface area contributed by atoms with E-state index in [4.69, 9.17) is 10.1 Å². The summed E-state index contributed by atoms with van der Waals surface area (Å²) in [6.45, 7) is 14.4. The molecule has 3 aliphatic rings. The second kappa shape index (κ2) is 16.2. The molecule has 61 heavy (non-hydrogen) atoms. The topological polar surface area (TPSA) is 172 Å². The number of para-hydroxylation sites is 1. The zero-order chi connectivity index (χ0) is 42.4. The summed E-state index contributed by atoms with van der Waals surface area (Å²) in [5.74, 6) is 0.538. The molecule has 4 aromatic heterocycles. The highest BCUT2D eigenvalue weighted by Crippen LogP contribution is 2.36. The number of carbonyl (C=O) groups excluding carboxylic acids is 2. The molecule has 316 valence electrons. The van der Waals surface area contributed by atoms with Crippen molar-refractivity contribution in [2.75, 3.05) is 60.9 Å². The van der Waals surface area contributed by atoms with Gasteiger partial charge < -0.3 is 20.2 Å². The highest BCUT2D eigenvalue weighted by atomic mass is 16.3. The molecule has 0 spiro atoms. The second-order valence-electron chi connectivity index (χ2n) is 16.9. The Labute approximate surface area is 353 Å². The van der Waals surface area contributed by atoms with E-state index in [0.717, 1.165) is 92.3 Å². The van der Waals surface area contributed by atoms with E-state index in [1.54, 1.807) is 42.8 Å². The molecule has 3 fully saturated rings. The lowest BCUT2D eigenvalue weighted by Crippen LogP contribution is -2.49. The van der Waals surface area contributed by atoms with Crippen molar-refractivity contribution in [2.24, 2.45) is 13.0 Å². The van der Waals surface area contributed by atoms with Crippen LogP contribution in [0.4, 0.5) is 23.0 Å². The van der Waals surface area contributed by atoms with Crippen LogP contribution in [0.1, 0.15) is 56.8 Å². The first-order valence-corrected chi connectivity index (χ1v) is 21.1. The number of carbonyl (C=O) groups is 2. The van der Waals surface area contributed by atoms with Crippen LogP contribution in [0.25, 0.3) is 27.8 Å². The number of aryl methyl sites for hydroxylation is 1. The molecule has 1 unspecified atom stereocenters. The molecule has 3 saturated heterocycles. The number of aromatic nitrogens is 7. The molecule has 7 heterocycles. The number of fused-ring (bicyclic) bond motifs is 2. The number of nitrogens with zero attached hydrogens (tertiary/aromatic N) is 10. The van der Waals surface area contributed by atoms with Crippen LogP contribution < -0.4 is 26.0 Å². The van der Waals surface area contributed by atoms with Gasteiger partial charge in [0.1, 0.15) is 11.0 Å². The van der Waals surface area contributed by atoms with Crippen molar-refractivity contribution >= 4 is 56.8 Å². The van der Waals surface area contributed by atoms with Crippen molar-refractivity contribution < 1.29 is 14.7 Å². The quantitative estimate of drug-likeness (QED) is 0.123. The van der Waals surface area contributed by atoms with Gasteiger partial charge in [-0.3, -0.25) is 29.3 Å². The molecule has 2 aromatic carbocycles. The molecular formula is C45H52N12O4. The van der Waals surface area contributed by atoms with E-state index in [2.05, 4.69) is 66.1 Å². The summed E-state index contributed by atoms with van der Waals surface area (Å²) in [7, 11) is 1.94. The van der Waals surface area contributed by atoms with Gasteiger partial charge in [-0.05, 0) is 81.5 Å².